The summed E-state index contributed by atoms with van der Waals surface area (Å²) >= 11 is 3.93. The molecule has 8 heteroatoms. The van der Waals surface area contributed by atoms with E-state index in [0.29, 0.717) is 18.9 Å². The average molecular weight is 779 g/mol. The van der Waals surface area contributed by atoms with Gasteiger partial charge in [0.25, 0.3) is 0 Å². The van der Waals surface area contributed by atoms with Crippen molar-refractivity contribution in [3.8, 4) is 23.3 Å². The molecule has 0 saturated carbocycles. The van der Waals surface area contributed by atoms with Crippen LogP contribution >= 0.6 is 15.9 Å². The fourth-order valence-corrected chi connectivity index (χ4v) is 6.99. The Balaban J connectivity index is 1.33. The third-order valence-corrected chi connectivity index (χ3v) is 10.1. The number of benzene rings is 2. The molecule has 0 radical (unpaired) electrons. The highest BCUT2D eigenvalue weighted by molar-refractivity contribution is 9.12. The molecule has 0 unspecified atom stereocenters. The maximum Gasteiger partial charge on any atom is 0.130 e. The van der Waals surface area contributed by atoms with Gasteiger partial charge >= 0.3 is 0 Å². The molecule has 0 aliphatic carbocycles. The zero-order valence-electron chi connectivity index (χ0n) is 30.9. The van der Waals surface area contributed by atoms with Gasteiger partial charge in [-0.1, -0.05) is 70.3 Å². The Morgan fingerprint density at radius 3 is 1.96 bits per heavy atom. The minimum absolute atomic E-state index is 0.626. The van der Waals surface area contributed by atoms with Crippen LogP contribution in [0.15, 0.2) is 150 Å². The number of hydrogen-bond donors (Lipinski definition) is 1. The zero-order chi connectivity index (χ0) is 37.3. The van der Waals surface area contributed by atoms with E-state index < -0.39 is 0 Å². The van der Waals surface area contributed by atoms with Gasteiger partial charge in [0.15, 0.2) is 0 Å². The van der Waals surface area contributed by atoms with Crippen LogP contribution in [0.25, 0.3) is 5.57 Å². The molecule has 2 aromatic rings. The second kappa shape index (κ2) is 17.5. The topological polar surface area (TPSA) is 93.9 Å². The molecule has 7 nitrogen and oxygen atoms in total. The van der Waals surface area contributed by atoms with Gasteiger partial charge in [-0.3, -0.25) is 0 Å². The molecule has 2 aromatic carbocycles. The van der Waals surface area contributed by atoms with Crippen molar-refractivity contribution in [3.63, 3.8) is 0 Å². The van der Waals surface area contributed by atoms with Crippen LogP contribution in [-0.2, 0) is 0 Å². The van der Waals surface area contributed by atoms with E-state index in [2.05, 4.69) is 47.7 Å². The smallest absolute Gasteiger partial charge is 0.130 e. The second-order valence-corrected chi connectivity index (χ2v) is 14.3. The van der Waals surface area contributed by atoms with Gasteiger partial charge in [-0.15, -0.1) is 0 Å². The first-order valence-electron chi connectivity index (χ1n) is 18.9. The van der Waals surface area contributed by atoms with E-state index >= 15 is 0 Å². The molecule has 7 rings (SSSR count). The SMILES string of the molecule is CCCCCCOc1cccc(OCCCCCC)c1C1=CC2=CC3=NC(=C(C#Cc4ccc(N)cc4)C4=NC(=CC5=NC(=C(Br)C1=N2)C=C5)C=C4)C=C3. The highest BCUT2D eigenvalue weighted by Gasteiger charge is 2.28. The van der Waals surface area contributed by atoms with Gasteiger partial charge in [-0.05, 0) is 120 Å². The molecular weight excluding hydrogens is 734 g/mol. The third-order valence-electron chi connectivity index (χ3n) is 9.32. The number of allylic oxidation sites excluding steroid dienone is 12. The van der Waals surface area contributed by atoms with E-state index in [1.54, 1.807) is 0 Å². The van der Waals surface area contributed by atoms with Crippen LogP contribution in [0.5, 0.6) is 11.5 Å². The Hall–Kier alpha value is -5.52. The number of ether oxygens (including phenoxy) is 2. The van der Waals surface area contributed by atoms with Crippen LogP contribution < -0.4 is 15.2 Å². The molecule has 272 valence electrons. The van der Waals surface area contributed by atoms with E-state index in [9.17, 15) is 0 Å². The minimum Gasteiger partial charge on any atom is -0.493 e. The maximum absolute atomic E-state index is 6.53. The summed E-state index contributed by atoms with van der Waals surface area (Å²) in [6.45, 7) is 5.69. The van der Waals surface area contributed by atoms with Gasteiger partial charge in [-0.25, -0.2) is 20.0 Å². The van der Waals surface area contributed by atoms with Crippen LogP contribution in [0.1, 0.15) is 76.3 Å². The molecule has 5 aliphatic rings. The summed E-state index contributed by atoms with van der Waals surface area (Å²) < 4.78 is 13.8. The van der Waals surface area contributed by atoms with Crippen molar-refractivity contribution in [2.24, 2.45) is 20.0 Å². The van der Waals surface area contributed by atoms with E-state index in [1.807, 2.05) is 91.1 Å². The lowest BCUT2D eigenvalue weighted by molar-refractivity contribution is 0.289. The molecular formula is C46H44BrN5O2. The molecule has 0 atom stereocenters. The summed E-state index contributed by atoms with van der Waals surface area (Å²) in [6.07, 6.45) is 27.0. The second-order valence-electron chi connectivity index (χ2n) is 13.5. The fraction of sp³-hybridized carbons (Fsp3) is 0.261. The Morgan fingerprint density at radius 2 is 1.28 bits per heavy atom. The molecule has 0 saturated heterocycles. The quantitative estimate of drug-likeness (QED) is 0.125. The van der Waals surface area contributed by atoms with Gasteiger partial charge in [0.2, 0.25) is 0 Å². The van der Waals surface area contributed by atoms with Gasteiger partial charge in [0.1, 0.15) is 11.5 Å². The van der Waals surface area contributed by atoms with Crippen LogP contribution in [0.3, 0.4) is 0 Å². The van der Waals surface area contributed by atoms with Crippen molar-refractivity contribution < 1.29 is 9.47 Å². The monoisotopic (exact) mass is 777 g/mol. The standard InChI is InChI=1S/C46H44BrN5O2/c1-3-5-7-9-26-53-42-12-11-13-43(54-27-10-8-6-4-2)44(42)38-30-36-29-35-20-24-40(50-35)37(22-16-31-14-17-32(48)18-15-31)39-23-19-33(49-39)28-34-21-25-41(51-34)45(47)46(38)52-36/h11-15,17-21,23-25,28-30H,3-10,26-27,48H2,1-2H3. The summed E-state index contributed by atoms with van der Waals surface area (Å²) in [7, 11) is 0. The zero-order valence-corrected chi connectivity index (χ0v) is 32.5. The molecule has 0 amide bonds. The number of hydrogen-bond acceptors (Lipinski definition) is 7. The molecule has 5 aliphatic heterocycles. The Bertz CT molecular complexity index is 2230. The number of unbranched alkanes of at least 4 members (excludes halogenated alkanes) is 6. The number of anilines is 1. The number of nitrogens with two attached hydrogens (primary N) is 1. The van der Waals surface area contributed by atoms with Crippen LogP contribution in [0.2, 0.25) is 0 Å². The number of rotatable bonds is 13. The van der Waals surface area contributed by atoms with Crippen LogP contribution in [0.4, 0.5) is 5.69 Å². The highest BCUT2D eigenvalue weighted by atomic mass is 79.9. The Kier molecular flexibility index (Phi) is 12.0. The summed E-state index contributed by atoms with van der Waals surface area (Å²) in [5, 5.41) is 0. The number of aliphatic imine (C=N–C) groups is 4. The first-order valence-corrected chi connectivity index (χ1v) is 19.7. The van der Waals surface area contributed by atoms with Gasteiger partial charge in [-0.2, -0.15) is 0 Å². The maximum atomic E-state index is 6.53. The minimum atomic E-state index is 0.626. The summed E-state index contributed by atoms with van der Waals surface area (Å²) in [5.74, 6) is 8.20. The third kappa shape index (κ3) is 8.81. The molecule has 8 bridgehead atoms. The molecule has 0 aromatic heterocycles. The lowest BCUT2D eigenvalue weighted by Gasteiger charge is -2.18. The molecule has 0 spiro atoms. The predicted molar refractivity (Wildman–Crippen MR) is 228 cm³/mol. The van der Waals surface area contributed by atoms with E-state index in [4.69, 9.17) is 35.2 Å². The Labute approximate surface area is 326 Å². The van der Waals surface area contributed by atoms with Crippen molar-refractivity contribution >= 4 is 50.0 Å². The summed E-state index contributed by atoms with van der Waals surface area (Å²) in [4.78, 5) is 20.2. The number of nitrogens with zero attached hydrogens (tertiary/aromatic N) is 4. The largest absolute Gasteiger partial charge is 0.493 e. The van der Waals surface area contributed by atoms with Crippen molar-refractivity contribution in [1.82, 2.24) is 0 Å². The average Bonchev–Trinajstić information content (AvgIpc) is 4.01. The molecule has 54 heavy (non-hydrogen) atoms. The van der Waals surface area contributed by atoms with E-state index in [1.165, 1.54) is 25.7 Å². The van der Waals surface area contributed by atoms with Crippen LogP contribution in [0, 0.1) is 11.8 Å². The number of fused-ring (bicyclic) bond motifs is 4. The number of halogens is 1. The van der Waals surface area contributed by atoms with E-state index in [-0.39, 0.29) is 0 Å². The normalized spacial score (nSPS) is 16.8. The van der Waals surface area contributed by atoms with Crippen molar-refractivity contribution in [2.45, 2.75) is 65.2 Å². The Morgan fingerprint density at radius 1 is 0.630 bits per heavy atom. The van der Waals surface area contributed by atoms with Gasteiger partial charge in [0.05, 0.1) is 74.5 Å². The van der Waals surface area contributed by atoms with Crippen LogP contribution in [-0.4, -0.2) is 36.1 Å². The number of nitrogen functional groups attached to an aromatic ring is 1. The van der Waals surface area contributed by atoms with Gasteiger partial charge < -0.3 is 15.2 Å². The summed E-state index contributed by atoms with van der Waals surface area (Å²) in [5.41, 5.74) is 16.0. The predicted octanol–water partition coefficient (Wildman–Crippen LogP) is 10.8. The van der Waals surface area contributed by atoms with Gasteiger partial charge in [0, 0.05) is 16.8 Å². The highest BCUT2D eigenvalue weighted by Crippen LogP contribution is 2.42. The molecule has 5 heterocycles. The fourth-order valence-electron chi connectivity index (χ4n) is 6.47. The van der Waals surface area contributed by atoms with E-state index in [0.717, 1.165) is 110 Å². The lowest BCUT2D eigenvalue weighted by Crippen LogP contribution is -2.08. The van der Waals surface area contributed by atoms with Crippen molar-refractivity contribution in [3.05, 3.63) is 141 Å². The molecule has 2 N–H and O–H groups in total. The first-order chi connectivity index (χ1) is 26.5. The summed E-state index contributed by atoms with van der Waals surface area (Å²) in [6, 6.07) is 13.6. The molecule has 0 fully saturated rings. The van der Waals surface area contributed by atoms with Crippen molar-refractivity contribution in [2.75, 3.05) is 18.9 Å². The lowest BCUT2D eigenvalue weighted by atomic mass is 9.98. The van der Waals surface area contributed by atoms with Crippen molar-refractivity contribution in [1.29, 1.82) is 0 Å². The first kappa shape index (κ1) is 36.8.